The van der Waals surface area contributed by atoms with Crippen LogP contribution in [-0.2, 0) is 4.79 Å². The molecule has 5 nitrogen and oxygen atoms in total. The second kappa shape index (κ2) is 6.44. The molecule has 2 saturated carbocycles. The van der Waals surface area contributed by atoms with Crippen molar-refractivity contribution in [1.82, 2.24) is 16.0 Å². The molecule has 3 rings (SSSR count). The lowest BCUT2D eigenvalue weighted by molar-refractivity contribution is -0.164. The number of alkyl halides is 3. The van der Waals surface area contributed by atoms with Gasteiger partial charge in [0.2, 0.25) is 5.91 Å². The molecule has 3 aliphatic rings. The monoisotopic (exact) mass is 347 g/mol. The normalized spacial score (nSPS) is 28.1. The Morgan fingerprint density at radius 2 is 1.83 bits per heavy atom. The molecule has 2 atom stereocenters. The fourth-order valence-corrected chi connectivity index (χ4v) is 4.32. The zero-order valence-electron chi connectivity index (χ0n) is 13.5. The van der Waals surface area contributed by atoms with Crippen LogP contribution in [0, 0.1) is 5.92 Å². The van der Waals surface area contributed by atoms with Crippen molar-refractivity contribution in [1.29, 1.82) is 0 Å². The van der Waals surface area contributed by atoms with Crippen molar-refractivity contribution < 1.29 is 22.8 Å². The summed E-state index contributed by atoms with van der Waals surface area (Å²) in [6, 6.07) is -2.88. The van der Waals surface area contributed by atoms with Crippen molar-refractivity contribution in [2.75, 3.05) is 0 Å². The molecule has 0 aromatic heterocycles. The van der Waals surface area contributed by atoms with Gasteiger partial charge in [-0.1, -0.05) is 12.8 Å². The van der Waals surface area contributed by atoms with Crippen LogP contribution in [0.4, 0.5) is 18.0 Å². The third-order valence-electron chi connectivity index (χ3n) is 5.78. The van der Waals surface area contributed by atoms with E-state index in [2.05, 4.69) is 16.0 Å². The summed E-state index contributed by atoms with van der Waals surface area (Å²) in [6.07, 6.45) is 1.33. The van der Waals surface area contributed by atoms with Gasteiger partial charge in [0, 0.05) is 6.42 Å². The molecule has 1 aliphatic heterocycles. The van der Waals surface area contributed by atoms with Gasteiger partial charge in [-0.3, -0.25) is 4.79 Å². The fourth-order valence-electron chi connectivity index (χ4n) is 4.32. The van der Waals surface area contributed by atoms with E-state index in [0.29, 0.717) is 19.3 Å². The Hall–Kier alpha value is -1.47. The summed E-state index contributed by atoms with van der Waals surface area (Å²) in [4.78, 5) is 23.8. The molecule has 0 aromatic carbocycles. The van der Waals surface area contributed by atoms with Crippen LogP contribution in [0.3, 0.4) is 0 Å². The molecule has 1 heterocycles. The summed E-state index contributed by atoms with van der Waals surface area (Å²) in [7, 11) is 0. The van der Waals surface area contributed by atoms with E-state index >= 15 is 0 Å². The first-order valence-corrected chi connectivity index (χ1v) is 8.75. The standard InChI is InChI=1S/C16H24F3N3O2/c17-16(18,19)13(10-4-1-2-5-10)21-14(24)20-11-6-7-12(23)22-15(11)8-3-9-15/h10-11,13H,1-9H2,(H,22,23)(H2,20,21,24)/t11-,13-/m1/s1. The average Bonchev–Trinajstić information content (AvgIpc) is 2.97. The summed E-state index contributed by atoms with van der Waals surface area (Å²) in [5.41, 5.74) is -0.465. The Bertz CT molecular complexity index is 499. The first-order valence-electron chi connectivity index (χ1n) is 8.75. The molecule has 0 unspecified atom stereocenters. The molecule has 1 spiro atoms. The Balaban J connectivity index is 1.62. The van der Waals surface area contributed by atoms with Crippen LogP contribution in [0.1, 0.15) is 57.8 Å². The van der Waals surface area contributed by atoms with E-state index in [9.17, 15) is 22.8 Å². The molecule has 1 saturated heterocycles. The number of hydrogen-bond acceptors (Lipinski definition) is 2. The molecule has 0 aromatic rings. The Morgan fingerprint density at radius 1 is 1.17 bits per heavy atom. The van der Waals surface area contributed by atoms with Crippen LogP contribution in [0.5, 0.6) is 0 Å². The van der Waals surface area contributed by atoms with Crippen LogP contribution in [0.15, 0.2) is 0 Å². The molecule has 24 heavy (non-hydrogen) atoms. The molecular formula is C16H24F3N3O2. The molecule has 2 aliphatic carbocycles. The minimum absolute atomic E-state index is 0.0488. The number of carbonyl (C=O) groups excluding carboxylic acids is 2. The van der Waals surface area contributed by atoms with E-state index in [0.717, 1.165) is 32.1 Å². The van der Waals surface area contributed by atoms with Crippen molar-refractivity contribution in [2.45, 2.75) is 81.6 Å². The predicted octanol–water partition coefficient (Wildman–Crippen LogP) is 2.61. The van der Waals surface area contributed by atoms with Crippen molar-refractivity contribution >= 4 is 11.9 Å². The topological polar surface area (TPSA) is 70.2 Å². The van der Waals surface area contributed by atoms with Crippen molar-refractivity contribution in [3.8, 4) is 0 Å². The van der Waals surface area contributed by atoms with Gasteiger partial charge in [0.25, 0.3) is 0 Å². The second-order valence-electron chi connectivity index (χ2n) is 7.33. The van der Waals surface area contributed by atoms with Gasteiger partial charge in [0.1, 0.15) is 6.04 Å². The first-order chi connectivity index (χ1) is 11.3. The molecule has 3 N–H and O–H groups in total. The highest BCUT2D eigenvalue weighted by Crippen LogP contribution is 2.39. The predicted molar refractivity (Wildman–Crippen MR) is 81.2 cm³/mol. The van der Waals surface area contributed by atoms with Crippen molar-refractivity contribution in [3.63, 3.8) is 0 Å². The Labute approximate surface area is 139 Å². The number of carbonyl (C=O) groups is 2. The van der Waals surface area contributed by atoms with Gasteiger partial charge in [-0.15, -0.1) is 0 Å². The van der Waals surface area contributed by atoms with E-state index in [1.807, 2.05) is 0 Å². The number of piperidine rings is 1. The highest BCUT2D eigenvalue weighted by atomic mass is 19.4. The SMILES string of the molecule is O=C1CC[C@@H](NC(=O)N[C@H](C2CCCC2)C(F)(F)F)C2(CCC2)N1. The maximum Gasteiger partial charge on any atom is 0.408 e. The first kappa shape index (κ1) is 17.4. The van der Waals surface area contributed by atoms with Crippen LogP contribution < -0.4 is 16.0 Å². The van der Waals surface area contributed by atoms with Gasteiger partial charge in [-0.05, 0) is 44.4 Å². The molecular weight excluding hydrogens is 323 g/mol. The maximum absolute atomic E-state index is 13.3. The lowest BCUT2D eigenvalue weighted by Crippen LogP contribution is -2.69. The molecule has 136 valence electrons. The third-order valence-corrected chi connectivity index (χ3v) is 5.78. The zero-order valence-corrected chi connectivity index (χ0v) is 13.5. The molecule has 0 radical (unpaired) electrons. The lowest BCUT2D eigenvalue weighted by Gasteiger charge is -2.51. The fraction of sp³-hybridized carbons (Fsp3) is 0.875. The van der Waals surface area contributed by atoms with Gasteiger partial charge in [-0.2, -0.15) is 13.2 Å². The van der Waals surface area contributed by atoms with Gasteiger partial charge >= 0.3 is 12.2 Å². The number of urea groups is 1. The maximum atomic E-state index is 13.3. The van der Waals surface area contributed by atoms with E-state index in [1.165, 1.54) is 0 Å². The minimum Gasteiger partial charge on any atom is -0.349 e. The average molecular weight is 347 g/mol. The number of rotatable bonds is 3. The molecule has 3 amide bonds. The van der Waals surface area contributed by atoms with E-state index < -0.39 is 29.7 Å². The van der Waals surface area contributed by atoms with Gasteiger partial charge < -0.3 is 16.0 Å². The summed E-state index contributed by atoms with van der Waals surface area (Å²) in [5, 5.41) is 7.77. The van der Waals surface area contributed by atoms with Crippen molar-refractivity contribution in [3.05, 3.63) is 0 Å². The van der Waals surface area contributed by atoms with E-state index in [-0.39, 0.29) is 18.4 Å². The highest BCUT2D eigenvalue weighted by molar-refractivity contribution is 5.80. The van der Waals surface area contributed by atoms with Crippen LogP contribution in [0.25, 0.3) is 0 Å². The quantitative estimate of drug-likeness (QED) is 0.734. The summed E-state index contributed by atoms with van der Waals surface area (Å²) in [6.45, 7) is 0. The Morgan fingerprint density at radius 3 is 2.38 bits per heavy atom. The Kier molecular flexibility index (Phi) is 4.66. The van der Waals surface area contributed by atoms with Crippen molar-refractivity contribution in [2.24, 2.45) is 5.92 Å². The smallest absolute Gasteiger partial charge is 0.349 e. The van der Waals surface area contributed by atoms with Crippen LogP contribution in [0.2, 0.25) is 0 Å². The largest absolute Gasteiger partial charge is 0.408 e. The number of nitrogens with one attached hydrogen (secondary N) is 3. The molecule has 0 bridgehead atoms. The molecule has 3 fully saturated rings. The third kappa shape index (κ3) is 3.47. The summed E-state index contributed by atoms with van der Waals surface area (Å²) in [5.74, 6) is -0.591. The lowest BCUT2D eigenvalue weighted by atomic mass is 9.68. The molecule has 8 heteroatoms. The minimum atomic E-state index is -4.44. The highest BCUT2D eigenvalue weighted by Gasteiger charge is 2.50. The van der Waals surface area contributed by atoms with E-state index in [1.54, 1.807) is 0 Å². The summed E-state index contributed by atoms with van der Waals surface area (Å²) < 4.78 is 39.9. The second-order valence-corrected chi connectivity index (χ2v) is 7.33. The van der Waals surface area contributed by atoms with Gasteiger partial charge in [-0.25, -0.2) is 4.79 Å². The van der Waals surface area contributed by atoms with Crippen LogP contribution in [-0.4, -0.2) is 35.7 Å². The summed E-state index contributed by atoms with van der Waals surface area (Å²) >= 11 is 0. The number of halogens is 3. The zero-order chi connectivity index (χ0) is 17.4. The number of hydrogen-bond donors (Lipinski definition) is 3. The van der Waals surface area contributed by atoms with Crippen LogP contribution >= 0.6 is 0 Å². The van der Waals surface area contributed by atoms with Gasteiger partial charge in [0.05, 0.1) is 11.6 Å². The van der Waals surface area contributed by atoms with E-state index in [4.69, 9.17) is 0 Å². The van der Waals surface area contributed by atoms with Gasteiger partial charge in [0.15, 0.2) is 0 Å². The number of amides is 3.